The van der Waals surface area contributed by atoms with Gasteiger partial charge in [-0.15, -0.1) is 0 Å². The third-order valence-electron chi connectivity index (χ3n) is 10.9. The smallest absolute Gasteiger partial charge is 0.407 e. The van der Waals surface area contributed by atoms with Crippen molar-refractivity contribution in [3.63, 3.8) is 0 Å². The lowest BCUT2D eigenvalue weighted by atomic mass is 9.92. The van der Waals surface area contributed by atoms with Gasteiger partial charge in [0.2, 0.25) is 11.8 Å². The summed E-state index contributed by atoms with van der Waals surface area (Å²) in [6.45, 7) is 7.82. The quantitative estimate of drug-likeness (QED) is 0.153. The van der Waals surface area contributed by atoms with E-state index >= 15 is 8.78 Å². The first-order valence-corrected chi connectivity index (χ1v) is 18.4. The van der Waals surface area contributed by atoms with Crippen molar-refractivity contribution in [1.82, 2.24) is 40.8 Å². The number of nitrogens with zero attached hydrogens (tertiary/aromatic N) is 4. The molecular formula is C37H51F2N9O4. The number of benzene rings is 1. The zero-order chi connectivity index (χ0) is 37.1. The minimum atomic E-state index is -0.710. The third kappa shape index (κ3) is 7.79. The van der Waals surface area contributed by atoms with Crippen LogP contribution in [0.15, 0.2) is 24.5 Å². The van der Waals surface area contributed by atoms with Crippen LogP contribution >= 0.6 is 0 Å². The Kier molecular flexibility index (Phi) is 11.5. The average molecular weight is 724 g/mol. The second-order valence-electron chi connectivity index (χ2n) is 14.7. The lowest BCUT2D eigenvalue weighted by molar-refractivity contribution is -0.135. The predicted octanol–water partition coefficient (Wildman–Crippen LogP) is 4.41. The number of halogens is 2. The Bertz CT molecular complexity index is 1720. The number of ether oxygens (including phenoxy) is 1. The number of rotatable bonds is 14. The van der Waals surface area contributed by atoms with E-state index in [4.69, 9.17) is 9.72 Å². The lowest BCUT2D eigenvalue weighted by Gasteiger charge is -2.33. The number of carbonyl (C=O) groups is 3. The van der Waals surface area contributed by atoms with Crippen molar-refractivity contribution in [3.8, 4) is 11.3 Å². The normalized spacial score (nSPS) is 23.0. The summed E-state index contributed by atoms with van der Waals surface area (Å²) in [6, 6.07) is 1.80. The van der Waals surface area contributed by atoms with Crippen LogP contribution in [0.2, 0.25) is 0 Å². The zero-order valence-electron chi connectivity index (χ0n) is 30.6. The summed E-state index contributed by atoms with van der Waals surface area (Å²) in [6.07, 6.45) is 7.34. The topological polar surface area (TPSA) is 160 Å². The fraction of sp³-hybridized carbons (Fsp3) is 0.595. The molecule has 6 rings (SSSR count). The summed E-state index contributed by atoms with van der Waals surface area (Å²) in [5.74, 6) is 0.478. The number of nitrogens with one attached hydrogen (secondary N) is 5. The van der Waals surface area contributed by atoms with Crippen molar-refractivity contribution in [2.24, 2.45) is 17.8 Å². The summed E-state index contributed by atoms with van der Waals surface area (Å²) in [5.41, 5.74) is 1.94. The van der Waals surface area contributed by atoms with E-state index in [1.807, 2.05) is 24.9 Å². The van der Waals surface area contributed by atoms with Crippen LogP contribution in [-0.4, -0.2) is 95.2 Å². The van der Waals surface area contributed by atoms with Crippen molar-refractivity contribution in [3.05, 3.63) is 53.5 Å². The molecule has 3 fully saturated rings. The van der Waals surface area contributed by atoms with Gasteiger partial charge in [-0.25, -0.2) is 23.5 Å². The predicted molar refractivity (Wildman–Crippen MR) is 191 cm³/mol. The second-order valence-corrected chi connectivity index (χ2v) is 14.7. The molecule has 3 aromatic rings. The number of piperidine rings is 1. The molecule has 15 heteroatoms. The van der Waals surface area contributed by atoms with Crippen LogP contribution in [0.4, 0.5) is 19.3 Å². The Hall–Kier alpha value is -4.53. The highest BCUT2D eigenvalue weighted by molar-refractivity contribution is 5.86. The van der Waals surface area contributed by atoms with Gasteiger partial charge in [-0.05, 0) is 69.0 Å². The second kappa shape index (κ2) is 16.0. The van der Waals surface area contributed by atoms with Gasteiger partial charge in [0.05, 0.1) is 31.6 Å². The number of hydrogen-bond acceptors (Lipinski definition) is 8. The van der Waals surface area contributed by atoms with Crippen molar-refractivity contribution >= 4 is 23.6 Å². The number of methoxy groups -OCH3 is 1. The van der Waals surface area contributed by atoms with Crippen LogP contribution in [0.5, 0.6) is 0 Å². The number of aryl methyl sites for hydroxylation is 1. The first-order chi connectivity index (χ1) is 25.0. The summed E-state index contributed by atoms with van der Waals surface area (Å²) in [7, 11) is 3.00. The summed E-state index contributed by atoms with van der Waals surface area (Å²) in [5, 5.41) is 8.34. The van der Waals surface area contributed by atoms with Gasteiger partial charge in [0.1, 0.15) is 35.0 Å². The number of H-pyrrole nitrogens is 2. The first kappa shape index (κ1) is 37.2. The van der Waals surface area contributed by atoms with Crippen LogP contribution in [0, 0.1) is 29.4 Å². The monoisotopic (exact) mass is 723 g/mol. The van der Waals surface area contributed by atoms with Crippen LogP contribution in [0.25, 0.3) is 11.3 Å². The molecule has 1 aromatic carbocycles. The molecule has 2 aromatic heterocycles. The Labute approximate surface area is 303 Å². The van der Waals surface area contributed by atoms with Gasteiger partial charge < -0.3 is 40.5 Å². The molecule has 1 saturated carbocycles. The molecule has 6 atom stereocenters. The van der Waals surface area contributed by atoms with Crippen LogP contribution in [0.3, 0.4) is 0 Å². The Morgan fingerprint density at radius 1 is 1.06 bits per heavy atom. The Morgan fingerprint density at radius 2 is 1.83 bits per heavy atom. The highest BCUT2D eigenvalue weighted by Crippen LogP contribution is 2.57. The summed E-state index contributed by atoms with van der Waals surface area (Å²) in [4.78, 5) is 56.6. The Morgan fingerprint density at radius 3 is 2.54 bits per heavy atom. The molecule has 2 saturated heterocycles. The molecule has 4 heterocycles. The number of unbranched alkanes of at least 4 members (excludes halogenated alkanes) is 1. The number of likely N-dealkylation sites (tertiary alicyclic amines) is 1. The molecule has 52 heavy (non-hydrogen) atoms. The maximum atomic E-state index is 15.8. The van der Waals surface area contributed by atoms with E-state index in [0.29, 0.717) is 43.7 Å². The van der Waals surface area contributed by atoms with E-state index in [0.717, 1.165) is 43.0 Å². The molecule has 282 valence electrons. The van der Waals surface area contributed by atoms with Crippen molar-refractivity contribution in [2.45, 2.75) is 83.3 Å². The van der Waals surface area contributed by atoms with Crippen LogP contribution < -0.4 is 20.9 Å². The molecule has 1 aliphatic carbocycles. The van der Waals surface area contributed by atoms with E-state index in [2.05, 4.69) is 37.8 Å². The molecule has 3 aliphatic rings. The lowest BCUT2D eigenvalue weighted by Crippen LogP contribution is -2.51. The fourth-order valence-corrected chi connectivity index (χ4v) is 8.21. The number of aromatic nitrogens is 4. The fourth-order valence-electron chi connectivity index (χ4n) is 8.21. The summed E-state index contributed by atoms with van der Waals surface area (Å²) < 4.78 is 36.3. The summed E-state index contributed by atoms with van der Waals surface area (Å²) >= 11 is 0. The number of hydrogen-bond donors (Lipinski definition) is 5. The van der Waals surface area contributed by atoms with Gasteiger partial charge in [0.15, 0.2) is 0 Å². The van der Waals surface area contributed by atoms with Gasteiger partial charge >= 0.3 is 6.09 Å². The SMILES string of the molecule is CNCC(=O)NCCCCc1ncc(-c2cc(F)c(N3CCC(c4cnc(C5CCCN5C(=O)C(NC(=O)OC)C(C)C)[nH]4)C4C(C)C43)c(F)c2)[nH]1. The van der Waals surface area contributed by atoms with E-state index in [-0.39, 0.29) is 59.8 Å². The number of alkyl carbamates (subject to hydrolysis) is 1. The largest absolute Gasteiger partial charge is 0.453 e. The number of aromatic amines is 2. The van der Waals surface area contributed by atoms with Crippen LogP contribution in [-0.2, 0) is 20.7 Å². The van der Waals surface area contributed by atoms with Crippen molar-refractivity contribution < 1.29 is 27.9 Å². The minimum Gasteiger partial charge on any atom is -0.453 e. The standard InChI is InChI=1S/C37H51F2N9O4/c1-20(2)32(46-37(51)52-5)36(50)47-13-8-9-28(47)35-43-18-27(45-35)23-11-14-48(33-21(3)31(23)33)34-24(38)15-22(16-25(34)39)26-17-42-29(44-26)10-6-7-12-41-30(49)19-40-4/h15-18,20-21,23,28,31-33,40H,6-14,19H2,1-5H3,(H,41,49)(H,42,44)(H,43,45)(H,46,51). The van der Waals surface area contributed by atoms with Gasteiger partial charge in [0.25, 0.3) is 0 Å². The minimum absolute atomic E-state index is 0.00675. The molecule has 5 N–H and O–H groups in total. The molecule has 2 aliphatic heterocycles. The molecular weight excluding hydrogens is 672 g/mol. The molecule has 13 nitrogen and oxygen atoms in total. The van der Waals surface area contributed by atoms with Gasteiger partial charge in [-0.2, -0.15) is 0 Å². The molecule has 3 amide bonds. The van der Waals surface area contributed by atoms with Gasteiger partial charge in [0, 0.05) is 55.5 Å². The van der Waals surface area contributed by atoms with Crippen molar-refractivity contribution in [2.75, 3.05) is 45.2 Å². The average Bonchev–Trinajstić information content (AvgIpc) is 3.62. The van der Waals surface area contributed by atoms with E-state index in [1.54, 1.807) is 18.1 Å². The molecule has 0 radical (unpaired) electrons. The van der Waals surface area contributed by atoms with E-state index in [9.17, 15) is 14.4 Å². The highest BCUT2D eigenvalue weighted by Gasteiger charge is 2.58. The molecule has 0 spiro atoms. The number of fused-ring (bicyclic) bond motifs is 1. The number of amides is 3. The maximum absolute atomic E-state index is 15.8. The van der Waals surface area contributed by atoms with Gasteiger partial charge in [-0.3, -0.25) is 9.59 Å². The third-order valence-corrected chi connectivity index (χ3v) is 10.9. The maximum Gasteiger partial charge on any atom is 0.407 e. The highest BCUT2D eigenvalue weighted by atomic mass is 19.1. The van der Waals surface area contributed by atoms with Crippen LogP contribution in [0.1, 0.15) is 82.2 Å². The zero-order valence-corrected chi connectivity index (χ0v) is 30.6. The van der Waals surface area contributed by atoms with Gasteiger partial charge in [-0.1, -0.05) is 20.8 Å². The van der Waals surface area contributed by atoms with E-state index in [1.165, 1.54) is 19.2 Å². The number of anilines is 1. The van der Waals surface area contributed by atoms with Crippen molar-refractivity contribution in [1.29, 1.82) is 0 Å². The molecule has 0 bridgehead atoms. The number of carbonyl (C=O) groups excluding carboxylic acids is 3. The first-order valence-electron chi connectivity index (χ1n) is 18.4. The van der Waals surface area contributed by atoms with E-state index < -0.39 is 23.8 Å². The molecule has 6 unspecified atom stereocenters. The number of imidazole rings is 2. The Balaban J connectivity index is 1.08. The number of likely N-dealkylation sites (N-methyl/N-ethyl adjacent to an activating group) is 1.